The number of amides is 1. The molecule has 0 saturated heterocycles. The lowest BCUT2D eigenvalue weighted by molar-refractivity contribution is -0.132. The molecule has 1 rings (SSSR count). The molecule has 0 heterocycles. The highest BCUT2D eigenvalue weighted by atomic mass is 19.1. The molecule has 0 radical (unpaired) electrons. The Kier molecular flexibility index (Phi) is 5.76. The monoisotopic (exact) mass is 268 g/mol. The van der Waals surface area contributed by atoms with E-state index in [1.807, 2.05) is 13.8 Å². The Balaban J connectivity index is 2.77. The summed E-state index contributed by atoms with van der Waals surface area (Å²) in [6, 6.07) is 3.89. The summed E-state index contributed by atoms with van der Waals surface area (Å²) < 4.78 is 18.6. The van der Waals surface area contributed by atoms with E-state index in [-0.39, 0.29) is 18.6 Å². The topological polar surface area (TPSA) is 55.6 Å². The molecule has 0 saturated carbocycles. The molecule has 0 unspecified atom stereocenters. The molecule has 0 aromatic heterocycles. The molecule has 0 spiro atoms. The second-order valence-electron chi connectivity index (χ2n) is 4.33. The zero-order chi connectivity index (χ0) is 14.4. The highest BCUT2D eigenvalue weighted by molar-refractivity contribution is 5.77. The Morgan fingerprint density at radius 2 is 2.05 bits per heavy atom. The zero-order valence-corrected chi connectivity index (χ0v) is 11.6. The standard InChI is InChI=1S/C14H21FN2O2/c1-4-17(5-2)14(18)9-19-13-8-11(15)6-7-12(13)10(3)16/h6-8,10H,4-5,9,16H2,1-3H3/t10-/m0/s1. The van der Waals surface area contributed by atoms with E-state index in [9.17, 15) is 9.18 Å². The van der Waals surface area contributed by atoms with Crippen molar-refractivity contribution in [2.75, 3.05) is 19.7 Å². The summed E-state index contributed by atoms with van der Waals surface area (Å²) in [5.41, 5.74) is 6.47. The maximum absolute atomic E-state index is 13.2. The molecule has 0 fully saturated rings. The molecule has 1 amide bonds. The summed E-state index contributed by atoms with van der Waals surface area (Å²) in [5, 5.41) is 0. The Morgan fingerprint density at radius 3 is 2.58 bits per heavy atom. The molecule has 0 aliphatic rings. The van der Waals surface area contributed by atoms with Crippen LogP contribution in [-0.2, 0) is 4.79 Å². The van der Waals surface area contributed by atoms with Crippen molar-refractivity contribution in [2.24, 2.45) is 5.73 Å². The maximum atomic E-state index is 13.2. The number of hydrogen-bond donors (Lipinski definition) is 1. The molecule has 4 nitrogen and oxygen atoms in total. The molecule has 1 aromatic rings. The number of carbonyl (C=O) groups excluding carboxylic acids is 1. The molecule has 19 heavy (non-hydrogen) atoms. The molecular formula is C14H21FN2O2. The van der Waals surface area contributed by atoms with Crippen LogP contribution in [0.2, 0.25) is 0 Å². The fourth-order valence-electron chi connectivity index (χ4n) is 1.82. The van der Waals surface area contributed by atoms with E-state index in [2.05, 4.69) is 0 Å². The van der Waals surface area contributed by atoms with E-state index >= 15 is 0 Å². The Labute approximate surface area is 113 Å². The van der Waals surface area contributed by atoms with E-state index in [0.29, 0.717) is 24.4 Å². The predicted molar refractivity (Wildman–Crippen MR) is 72.4 cm³/mol. The summed E-state index contributed by atoms with van der Waals surface area (Å²) >= 11 is 0. The highest BCUT2D eigenvalue weighted by Gasteiger charge is 2.14. The normalized spacial score (nSPS) is 12.1. The first-order valence-electron chi connectivity index (χ1n) is 6.45. The van der Waals surface area contributed by atoms with Gasteiger partial charge < -0.3 is 15.4 Å². The van der Waals surface area contributed by atoms with Crippen LogP contribution in [0, 0.1) is 5.82 Å². The van der Waals surface area contributed by atoms with Gasteiger partial charge >= 0.3 is 0 Å². The van der Waals surface area contributed by atoms with Crippen LogP contribution in [0.4, 0.5) is 4.39 Å². The molecule has 1 aromatic carbocycles. The molecule has 1 atom stereocenters. The number of nitrogens with zero attached hydrogens (tertiary/aromatic N) is 1. The van der Waals surface area contributed by atoms with Gasteiger partial charge in [0, 0.05) is 30.8 Å². The molecule has 0 aliphatic carbocycles. The summed E-state index contributed by atoms with van der Waals surface area (Å²) in [4.78, 5) is 13.5. The van der Waals surface area contributed by atoms with Gasteiger partial charge in [0.2, 0.25) is 0 Å². The summed E-state index contributed by atoms with van der Waals surface area (Å²) in [6.45, 7) is 6.73. The number of ether oxygens (including phenoxy) is 1. The zero-order valence-electron chi connectivity index (χ0n) is 11.6. The van der Waals surface area contributed by atoms with Crippen LogP contribution < -0.4 is 10.5 Å². The van der Waals surface area contributed by atoms with Gasteiger partial charge in [0.1, 0.15) is 11.6 Å². The number of benzene rings is 1. The maximum Gasteiger partial charge on any atom is 0.260 e. The summed E-state index contributed by atoms with van der Waals surface area (Å²) in [6.07, 6.45) is 0. The molecular weight excluding hydrogens is 247 g/mol. The smallest absolute Gasteiger partial charge is 0.260 e. The number of likely N-dealkylation sites (N-methyl/N-ethyl adjacent to an activating group) is 1. The Hall–Kier alpha value is -1.62. The minimum absolute atomic E-state index is 0.106. The van der Waals surface area contributed by atoms with E-state index in [1.54, 1.807) is 17.9 Å². The van der Waals surface area contributed by atoms with Crippen LogP contribution in [0.1, 0.15) is 32.4 Å². The lowest BCUT2D eigenvalue weighted by atomic mass is 10.1. The number of halogens is 1. The lowest BCUT2D eigenvalue weighted by Crippen LogP contribution is -2.34. The minimum atomic E-state index is -0.408. The van der Waals surface area contributed by atoms with Crippen LogP contribution in [0.15, 0.2) is 18.2 Å². The Morgan fingerprint density at radius 1 is 1.42 bits per heavy atom. The van der Waals surface area contributed by atoms with E-state index in [0.717, 1.165) is 0 Å². The predicted octanol–water partition coefficient (Wildman–Crippen LogP) is 2.09. The van der Waals surface area contributed by atoms with Crippen molar-refractivity contribution in [1.29, 1.82) is 0 Å². The average Bonchev–Trinajstić information content (AvgIpc) is 2.37. The van der Waals surface area contributed by atoms with Gasteiger partial charge in [0.25, 0.3) is 5.91 Å². The third-order valence-corrected chi connectivity index (χ3v) is 2.93. The van der Waals surface area contributed by atoms with Crippen molar-refractivity contribution in [3.8, 4) is 5.75 Å². The van der Waals surface area contributed by atoms with Crippen LogP contribution in [-0.4, -0.2) is 30.5 Å². The summed E-state index contributed by atoms with van der Waals surface area (Å²) in [7, 11) is 0. The first kappa shape index (κ1) is 15.4. The second kappa shape index (κ2) is 7.09. The van der Waals surface area contributed by atoms with Gasteiger partial charge in [-0.1, -0.05) is 6.07 Å². The van der Waals surface area contributed by atoms with Crippen molar-refractivity contribution in [2.45, 2.75) is 26.8 Å². The van der Waals surface area contributed by atoms with E-state index in [4.69, 9.17) is 10.5 Å². The van der Waals surface area contributed by atoms with Crippen LogP contribution >= 0.6 is 0 Å². The fourth-order valence-corrected chi connectivity index (χ4v) is 1.82. The largest absolute Gasteiger partial charge is 0.483 e. The number of carbonyl (C=O) groups is 1. The van der Waals surface area contributed by atoms with Crippen molar-refractivity contribution >= 4 is 5.91 Å². The van der Waals surface area contributed by atoms with Gasteiger partial charge in [0.15, 0.2) is 6.61 Å². The van der Waals surface area contributed by atoms with Gasteiger partial charge in [-0.15, -0.1) is 0 Å². The van der Waals surface area contributed by atoms with Crippen molar-refractivity contribution in [3.05, 3.63) is 29.6 Å². The third-order valence-electron chi connectivity index (χ3n) is 2.93. The van der Waals surface area contributed by atoms with Gasteiger partial charge in [-0.05, 0) is 26.8 Å². The van der Waals surface area contributed by atoms with Crippen LogP contribution in [0.5, 0.6) is 5.75 Å². The van der Waals surface area contributed by atoms with Crippen LogP contribution in [0.3, 0.4) is 0 Å². The molecule has 5 heteroatoms. The van der Waals surface area contributed by atoms with Gasteiger partial charge in [-0.3, -0.25) is 4.79 Å². The van der Waals surface area contributed by atoms with Gasteiger partial charge in [-0.2, -0.15) is 0 Å². The second-order valence-corrected chi connectivity index (χ2v) is 4.33. The quantitative estimate of drug-likeness (QED) is 0.859. The first-order chi connectivity index (χ1) is 8.99. The molecule has 2 N–H and O–H groups in total. The molecule has 106 valence electrons. The number of rotatable bonds is 6. The van der Waals surface area contributed by atoms with Gasteiger partial charge in [0.05, 0.1) is 0 Å². The van der Waals surface area contributed by atoms with Crippen molar-refractivity contribution in [1.82, 2.24) is 4.90 Å². The Bertz CT molecular complexity index is 431. The molecule has 0 aliphatic heterocycles. The van der Waals surface area contributed by atoms with Crippen molar-refractivity contribution in [3.63, 3.8) is 0 Å². The third kappa shape index (κ3) is 4.21. The van der Waals surface area contributed by atoms with Gasteiger partial charge in [-0.25, -0.2) is 4.39 Å². The van der Waals surface area contributed by atoms with E-state index in [1.165, 1.54) is 12.1 Å². The average molecular weight is 268 g/mol. The first-order valence-corrected chi connectivity index (χ1v) is 6.45. The molecule has 0 bridgehead atoms. The minimum Gasteiger partial charge on any atom is -0.483 e. The fraction of sp³-hybridized carbons (Fsp3) is 0.500. The lowest BCUT2D eigenvalue weighted by Gasteiger charge is -2.20. The number of nitrogens with two attached hydrogens (primary N) is 1. The van der Waals surface area contributed by atoms with Crippen LogP contribution in [0.25, 0.3) is 0 Å². The van der Waals surface area contributed by atoms with E-state index < -0.39 is 5.82 Å². The van der Waals surface area contributed by atoms with Crippen molar-refractivity contribution < 1.29 is 13.9 Å². The SMILES string of the molecule is CCN(CC)C(=O)COc1cc(F)ccc1[C@H](C)N. The number of hydrogen-bond acceptors (Lipinski definition) is 3. The summed E-state index contributed by atoms with van der Waals surface area (Å²) in [5.74, 6) is -0.199. The highest BCUT2D eigenvalue weighted by Crippen LogP contribution is 2.24.